The van der Waals surface area contributed by atoms with E-state index in [-0.39, 0.29) is 36.8 Å². The highest BCUT2D eigenvalue weighted by molar-refractivity contribution is 5.85. The first-order valence-corrected chi connectivity index (χ1v) is 7.96. The van der Waals surface area contributed by atoms with Crippen LogP contribution in [0.25, 0.3) is 0 Å². The third kappa shape index (κ3) is 6.95. The first-order valence-electron chi connectivity index (χ1n) is 7.96. The van der Waals surface area contributed by atoms with E-state index in [1.807, 2.05) is 32.0 Å². The van der Waals surface area contributed by atoms with E-state index in [9.17, 15) is 9.90 Å². The second-order valence-corrected chi connectivity index (χ2v) is 6.60. The van der Waals surface area contributed by atoms with Crippen LogP contribution in [0.1, 0.15) is 25.8 Å². The molecule has 138 valence electrons. The van der Waals surface area contributed by atoms with Gasteiger partial charge in [-0.1, -0.05) is 44.2 Å². The Labute approximate surface area is 156 Å². The quantitative estimate of drug-likeness (QED) is 0.702. The van der Waals surface area contributed by atoms with Crippen molar-refractivity contribution in [1.29, 1.82) is 0 Å². The van der Waals surface area contributed by atoms with E-state index in [4.69, 9.17) is 5.73 Å². The third-order valence-electron chi connectivity index (χ3n) is 4.00. The number of carbonyl (C=O) groups excluding carboxylic acids is 1. The molecule has 4 N–H and O–H groups in total. The maximum atomic E-state index is 12.1. The fourth-order valence-corrected chi connectivity index (χ4v) is 2.88. The molecule has 1 saturated heterocycles. The number of halogens is 2. The molecular formula is C17H29Cl2N3O2. The largest absolute Gasteiger partial charge is 0.390 e. The summed E-state index contributed by atoms with van der Waals surface area (Å²) in [6.45, 7) is 6.08. The van der Waals surface area contributed by atoms with Crippen molar-refractivity contribution in [2.45, 2.75) is 45.0 Å². The molecule has 1 aromatic carbocycles. The number of nitrogens with two attached hydrogens (primary N) is 1. The number of hydrogen-bond acceptors (Lipinski definition) is 4. The summed E-state index contributed by atoms with van der Waals surface area (Å²) in [7, 11) is 0. The van der Waals surface area contributed by atoms with Gasteiger partial charge < -0.3 is 16.2 Å². The van der Waals surface area contributed by atoms with Crippen LogP contribution in [-0.4, -0.2) is 47.2 Å². The number of hydrogen-bond donors (Lipinski definition) is 3. The van der Waals surface area contributed by atoms with Gasteiger partial charge in [0.1, 0.15) is 0 Å². The molecule has 0 aromatic heterocycles. The minimum absolute atomic E-state index is 0. The Balaban J connectivity index is 0.00000264. The van der Waals surface area contributed by atoms with Crippen LogP contribution in [-0.2, 0) is 11.3 Å². The molecule has 0 aliphatic carbocycles. The van der Waals surface area contributed by atoms with Gasteiger partial charge in [-0.3, -0.25) is 9.69 Å². The Morgan fingerprint density at radius 2 is 1.92 bits per heavy atom. The zero-order valence-corrected chi connectivity index (χ0v) is 15.9. The van der Waals surface area contributed by atoms with Crippen LogP contribution in [0.15, 0.2) is 30.3 Å². The highest BCUT2D eigenvalue weighted by Crippen LogP contribution is 2.14. The summed E-state index contributed by atoms with van der Waals surface area (Å²) in [5.74, 6) is 0.211. The number of nitrogens with zero attached hydrogens (tertiary/aromatic N) is 1. The van der Waals surface area contributed by atoms with E-state index in [2.05, 4.69) is 22.3 Å². The molecule has 1 amide bonds. The molecule has 1 aliphatic heterocycles. The normalized spacial score (nSPS) is 21.7. The van der Waals surface area contributed by atoms with Gasteiger partial charge >= 0.3 is 0 Å². The van der Waals surface area contributed by atoms with E-state index in [1.54, 1.807) is 0 Å². The summed E-state index contributed by atoms with van der Waals surface area (Å²) in [6.07, 6.45) is 0.112. The number of nitrogens with one attached hydrogen (secondary N) is 1. The molecule has 0 bridgehead atoms. The number of β-amino-alcohol motifs (C(OH)–C–C–N with tert-alkyl or cyclic N) is 1. The highest BCUT2D eigenvalue weighted by Gasteiger charge is 2.33. The summed E-state index contributed by atoms with van der Waals surface area (Å²) in [6, 6.07) is 9.39. The van der Waals surface area contributed by atoms with Crippen molar-refractivity contribution in [2.24, 2.45) is 11.7 Å². The van der Waals surface area contributed by atoms with Crippen molar-refractivity contribution >= 4 is 30.7 Å². The lowest BCUT2D eigenvalue weighted by molar-refractivity contribution is -0.123. The summed E-state index contributed by atoms with van der Waals surface area (Å²) in [5.41, 5.74) is 7.10. The fourth-order valence-electron chi connectivity index (χ4n) is 2.88. The molecule has 3 atom stereocenters. The van der Waals surface area contributed by atoms with Crippen LogP contribution < -0.4 is 11.1 Å². The third-order valence-corrected chi connectivity index (χ3v) is 4.00. The number of carbonyl (C=O) groups is 1. The standard InChI is InChI=1S/C17H27N3O2.2ClH/c1-12(2)8-14(18)17(22)19-15-10-20(11-16(15)21)9-13-6-4-3-5-7-13;;/h3-7,12,14-16,21H,8-11,18H2,1-2H3,(H,19,22);2*1H/t14-,15?,16?;;/m0../s1. The maximum absolute atomic E-state index is 12.1. The van der Waals surface area contributed by atoms with Gasteiger partial charge in [0, 0.05) is 19.6 Å². The number of aliphatic hydroxyl groups is 1. The van der Waals surface area contributed by atoms with Crippen molar-refractivity contribution in [2.75, 3.05) is 13.1 Å². The van der Waals surface area contributed by atoms with Crippen LogP contribution in [0.2, 0.25) is 0 Å². The smallest absolute Gasteiger partial charge is 0.237 e. The Bertz CT molecular complexity index is 488. The van der Waals surface area contributed by atoms with Crippen molar-refractivity contribution < 1.29 is 9.90 Å². The molecule has 2 rings (SSSR count). The number of amides is 1. The molecule has 0 spiro atoms. The van der Waals surface area contributed by atoms with Gasteiger partial charge in [-0.15, -0.1) is 24.8 Å². The average molecular weight is 378 g/mol. The van der Waals surface area contributed by atoms with Gasteiger partial charge in [0.2, 0.25) is 5.91 Å². The van der Waals surface area contributed by atoms with Gasteiger partial charge in [0.25, 0.3) is 0 Å². The molecule has 2 unspecified atom stereocenters. The minimum Gasteiger partial charge on any atom is -0.390 e. The zero-order valence-electron chi connectivity index (χ0n) is 14.2. The Hall–Kier alpha value is -0.850. The number of rotatable bonds is 6. The van der Waals surface area contributed by atoms with Crippen molar-refractivity contribution in [3.8, 4) is 0 Å². The Kier molecular flexibility index (Phi) is 10.5. The average Bonchev–Trinajstić information content (AvgIpc) is 2.79. The summed E-state index contributed by atoms with van der Waals surface area (Å²) >= 11 is 0. The van der Waals surface area contributed by atoms with Crippen LogP contribution >= 0.6 is 24.8 Å². The van der Waals surface area contributed by atoms with Gasteiger partial charge in [-0.2, -0.15) is 0 Å². The molecular weight excluding hydrogens is 349 g/mol. The number of likely N-dealkylation sites (tertiary alicyclic amines) is 1. The molecule has 1 aliphatic rings. The van der Waals surface area contributed by atoms with E-state index in [0.29, 0.717) is 25.4 Å². The maximum Gasteiger partial charge on any atom is 0.237 e. The fraction of sp³-hybridized carbons (Fsp3) is 0.588. The van der Waals surface area contributed by atoms with Crippen LogP contribution in [0.3, 0.4) is 0 Å². The van der Waals surface area contributed by atoms with Crippen molar-refractivity contribution in [3.63, 3.8) is 0 Å². The summed E-state index contributed by atoms with van der Waals surface area (Å²) < 4.78 is 0. The van der Waals surface area contributed by atoms with E-state index in [0.717, 1.165) is 6.54 Å². The van der Waals surface area contributed by atoms with Crippen LogP contribution in [0.5, 0.6) is 0 Å². The topological polar surface area (TPSA) is 78.6 Å². The lowest BCUT2D eigenvalue weighted by atomic mass is 10.0. The monoisotopic (exact) mass is 377 g/mol. The van der Waals surface area contributed by atoms with Crippen LogP contribution in [0, 0.1) is 5.92 Å². The predicted molar refractivity (Wildman–Crippen MR) is 102 cm³/mol. The van der Waals surface area contributed by atoms with Crippen molar-refractivity contribution in [3.05, 3.63) is 35.9 Å². The molecule has 7 heteroatoms. The molecule has 1 aromatic rings. The van der Waals surface area contributed by atoms with Gasteiger partial charge in [-0.25, -0.2) is 0 Å². The molecule has 1 fully saturated rings. The minimum atomic E-state index is -0.543. The van der Waals surface area contributed by atoms with E-state index in [1.165, 1.54) is 5.56 Å². The SMILES string of the molecule is CC(C)C[C@H](N)C(=O)NC1CN(Cc2ccccc2)CC1O.Cl.Cl. The molecule has 1 heterocycles. The summed E-state index contributed by atoms with van der Waals surface area (Å²) in [4.78, 5) is 14.2. The van der Waals surface area contributed by atoms with E-state index < -0.39 is 12.1 Å². The van der Waals surface area contributed by atoms with Crippen LogP contribution in [0.4, 0.5) is 0 Å². The molecule has 0 saturated carbocycles. The Morgan fingerprint density at radius 3 is 2.50 bits per heavy atom. The van der Waals surface area contributed by atoms with E-state index >= 15 is 0 Å². The first kappa shape index (κ1) is 23.1. The Morgan fingerprint density at radius 1 is 1.29 bits per heavy atom. The molecule has 5 nitrogen and oxygen atoms in total. The number of benzene rings is 1. The van der Waals surface area contributed by atoms with Gasteiger partial charge in [0.15, 0.2) is 0 Å². The van der Waals surface area contributed by atoms with Crippen molar-refractivity contribution in [1.82, 2.24) is 10.2 Å². The molecule has 0 radical (unpaired) electrons. The van der Waals surface area contributed by atoms with Gasteiger partial charge in [-0.05, 0) is 17.9 Å². The second kappa shape index (κ2) is 10.9. The molecule has 24 heavy (non-hydrogen) atoms. The lowest BCUT2D eigenvalue weighted by Gasteiger charge is -2.20. The van der Waals surface area contributed by atoms with Gasteiger partial charge in [0.05, 0.1) is 18.2 Å². The first-order chi connectivity index (χ1) is 10.5. The second-order valence-electron chi connectivity index (χ2n) is 6.60. The number of aliphatic hydroxyl groups excluding tert-OH is 1. The lowest BCUT2D eigenvalue weighted by Crippen LogP contribution is -2.50. The predicted octanol–water partition coefficient (Wildman–Crippen LogP) is 1.56. The zero-order chi connectivity index (χ0) is 16.1. The highest BCUT2D eigenvalue weighted by atomic mass is 35.5. The summed E-state index contributed by atoms with van der Waals surface area (Å²) in [5, 5.41) is 13.0.